The van der Waals surface area contributed by atoms with Crippen molar-refractivity contribution in [3.05, 3.63) is 44.8 Å². The molecule has 2 heterocycles. The van der Waals surface area contributed by atoms with E-state index in [9.17, 15) is 14.9 Å². The van der Waals surface area contributed by atoms with Crippen molar-refractivity contribution in [3.63, 3.8) is 0 Å². The Morgan fingerprint density at radius 3 is 2.62 bits per heavy atom. The van der Waals surface area contributed by atoms with Crippen molar-refractivity contribution < 1.29 is 14.2 Å². The smallest absolute Gasteiger partial charge is 0.417 e. The number of piperazine rings is 1. The number of hydrogen-bond donors (Lipinski definition) is 1. The van der Waals surface area contributed by atoms with E-state index < -0.39 is 16.2 Å². The molecular formula is C14H16N3O4+. The third-order valence-electron chi connectivity index (χ3n) is 3.88. The molecule has 0 saturated carbocycles. The highest BCUT2D eigenvalue weighted by atomic mass is 16.6. The predicted octanol–water partition coefficient (Wildman–Crippen LogP) is 0.0359. The summed E-state index contributed by atoms with van der Waals surface area (Å²) in [4.78, 5) is 25.9. The monoisotopic (exact) mass is 290 g/mol. The number of benzene rings is 1. The van der Waals surface area contributed by atoms with E-state index in [1.54, 1.807) is 24.3 Å². The molecule has 1 aromatic heterocycles. The lowest BCUT2D eigenvalue weighted by Gasteiger charge is -2.31. The SMILES string of the molecule is C[NH+]1CCN(c2c([N+](=O)[O-])c(=O)oc3ccccc23)CC1. The lowest BCUT2D eigenvalue weighted by molar-refractivity contribution is -0.880. The molecule has 2 aromatic rings. The number of hydrogen-bond acceptors (Lipinski definition) is 5. The van der Waals surface area contributed by atoms with Crippen molar-refractivity contribution in [2.75, 3.05) is 38.1 Å². The van der Waals surface area contributed by atoms with Gasteiger partial charge in [0.05, 0.1) is 38.2 Å². The molecule has 1 N–H and O–H groups in total. The zero-order valence-corrected chi connectivity index (χ0v) is 11.7. The highest BCUT2D eigenvalue weighted by Crippen LogP contribution is 2.33. The van der Waals surface area contributed by atoms with Gasteiger partial charge in [-0.1, -0.05) is 12.1 Å². The minimum absolute atomic E-state index is 0.384. The highest BCUT2D eigenvalue weighted by molar-refractivity contribution is 5.94. The molecule has 1 saturated heterocycles. The van der Waals surface area contributed by atoms with Gasteiger partial charge >= 0.3 is 11.3 Å². The molecule has 1 aromatic carbocycles. The van der Waals surface area contributed by atoms with Crippen LogP contribution in [0.2, 0.25) is 0 Å². The summed E-state index contributed by atoms with van der Waals surface area (Å²) in [5.74, 6) is 0. The number of nitro groups is 1. The van der Waals surface area contributed by atoms with Crippen LogP contribution in [0, 0.1) is 10.1 Å². The maximum atomic E-state index is 12.0. The third kappa shape index (κ3) is 2.36. The Hall–Kier alpha value is -2.41. The molecule has 7 heteroatoms. The molecule has 0 unspecified atom stereocenters. The van der Waals surface area contributed by atoms with Crippen LogP contribution in [0.5, 0.6) is 0 Å². The van der Waals surface area contributed by atoms with Gasteiger partial charge in [0.25, 0.3) is 0 Å². The number of rotatable bonds is 2. The predicted molar refractivity (Wildman–Crippen MR) is 78.0 cm³/mol. The first kappa shape index (κ1) is 13.6. The minimum atomic E-state index is -0.889. The third-order valence-corrected chi connectivity index (χ3v) is 3.88. The number of fused-ring (bicyclic) bond motifs is 1. The first-order valence-corrected chi connectivity index (χ1v) is 6.84. The average Bonchev–Trinajstić information content (AvgIpc) is 2.46. The Kier molecular flexibility index (Phi) is 3.34. The minimum Gasteiger partial charge on any atom is -0.418 e. The van der Waals surface area contributed by atoms with Gasteiger partial charge in [-0.15, -0.1) is 0 Å². The van der Waals surface area contributed by atoms with Crippen LogP contribution in [0.15, 0.2) is 33.5 Å². The Morgan fingerprint density at radius 1 is 1.29 bits per heavy atom. The molecule has 3 rings (SSSR count). The van der Waals surface area contributed by atoms with E-state index in [0.29, 0.717) is 29.7 Å². The quantitative estimate of drug-likeness (QED) is 0.480. The largest absolute Gasteiger partial charge is 0.418 e. The standard InChI is InChI=1S/C14H15N3O4/c1-15-6-8-16(9-7-15)12-10-4-2-3-5-11(10)21-14(18)13(12)17(19)20/h2-5H,6-9H2,1H3/p+1. The van der Waals surface area contributed by atoms with Gasteiger partial charge in [0.15, 0.2) is 0 Å². The molecule has 7 nitrogen and oxygen atoms in total. The van der Waals surface area contributed by atoms with E-state index >= 15 is 0 Å². The first-order chi connectivity index (χ1) is 10.1. The second-order valence-electron chi connectivity index (χ2n) is 5.28. The van der Waals surface area contributed by atoms with Crippen molar-refractivity contribution in [3.8, 4) is 0 Å². The van der Waals surface area contributed by atoms with E-state index in [4.69, 9.17) is 4.42 Å². The Balaban J connectivity index is 2.24. The van der Waals surface area contributed by atoms with Gasteiger partial charge in [0.2, 0.25) is 0 Å². The van der Waals surface area contributed by atoms with E-state index in [0.717, 1.165) is 13.1 Å². The summed E-state index contributed by atoms with van der Waals surface area (Å²) in [6.45, 7) is 3.12. The molecule has 0 atom stereocenters. The summed E-state index contributed by atoms with van der Waals surface area (Å²) in [6.07, 6.45) is 0. The van der Waals surface area contributed by atoms with E-state index in [-0.39, 0.29) is 0 Å². The van der Waals surface area contributed by atoms with E-state index in [1.807, 2.05) is 4.90 Å². The topological polar surface area (TPSA) is 81.0 Å². The van der Waals surface area contributed by atoms with Gasteiger partial charge in [-0.2, -0.15) is 0 Å². The van der Waals surface area contributed by atoms with Gasteiger partial charge < -0.3 is 14.2 Å². The maximum absolute atomic E-state index is 12.0. The fourth-order valence-corrected chi connectivity index (χ4v) is 2.72. The Bertz CT molecular complexity index is 747. The summed E-state index contributed by atoms with van der Waals surface area (Å²) in [5.41, 5.74) is -0.582. The number of anilines is 1. The van der Waals surface area contributed by atoms with Crippen LogP contribution in [0.3, 0.4) is 0 Å². The normalized spacial score (nSPS) is 16.3. The van der Waals surface area contributed by atoms with Crippen molar-refractivity contribution >= 4 is 22.3 Å². The zero-order chi connectivity index (χ0) is 15.0. The van der Waals surface area contributed by atoms with Crippen molar-refractivity contribution in [2.45, 2.75) is 0 Å². The lowest BCUT2D eigenvalue weighted by Crippen LogP contribution is -3.12. The van der Waals surface area contributed by atoms with Crippen LogP contribution in [0.4, 0.5) is 11.4 Å². The van der Waals surface area contributed by atoms with Gasteiger partial charge in [-0.3, -0.25) is 10.1 Å². The summed E-state index contributed by atoms with van der Waals surface area (Å²) < 4.78 is 5.08. The number of likely N-dealkylation sites (N-methyl/N-ethyl adjacent to an activating group) is 1. The summed E-state index contributed by atoms with van der Waals surface area (Å²) in [6, 6.07) is 6.95. The van der Waals surface area contributed by atoms with Crippen molar-refractivity contribution in [1.29, 1.82) is 0 Å². The van der Waals surface area contributed by atoms with Crippen LogP contribution in [0.1, 0.15) is 0 Å². The number of para-hydroxylation sites is 1. The first-order valence-electron chi connectivity index (χ1n) is 6.84. The van der Waals surface area contributed by atoms with E-state index in [1.165, 1.54) is 4.90 Å². The molecular weight excluding hydrogens is 274 g/mol. The van der Waals surface area contributed by atoms with Gasteiger partial charge in [0.1, 0.15) is 11.3 Å². The molecule has 0 amide bonds. The van der Waals surface area contributed by atoms with Gasteiger partial charge in [0, 0.05) is 5.39 Å². The highest BCUT2D eigenvalue weighted by Gasteiger charge is 2.30. The summed E-state index contributed by atoms with van der Waals surface area (Å²) in [7, 11) is 2.09. The van der Waals surface area contributed by atoms with E-state index in [2.05, 4.69) is 7.05 Å². The average molecular weight is 290 g/mol. The van der Waals surface area contributed by atoms with Crippen LogP contribution in [-0.4, -0.2) is 38.2 Å². The van der Waals surface area contributed by atoms with Crippen molar-refractivity contribution in [1.82, 2.24) is 0 Å². The number of quaternary nitrogens is 1. The molecule has 0 bridgehead atoms. The molecule has 110 valence electrons. The second-order valence-corrected chi connectivity index (χ2v) is 5.28. The molecule has 1 fully saturated rings. The molecule has 1 aliphatic rings. The molecule has 0 radical (unpaired) electrons. The van der Waals surface area contributed by atoms with Crippen LogP contribution in [0.25, 0.3) is 11.0 Å². The number of nitrogens with one attached hydrogen (secondary N) is 1. The fourth-order valence-electron chi connectivity index (χ4n) is 2.72. The Labute approximate surface area is 120 Å². The molecule has 21 heavy (non-hydrogen) atoms. The summed E-state index contributed by atoms with van der Waals surface area (Å²) >= 11 is 0. The van der Waals surface area contributed by atoms with Crippen LogP contribution >= 0.6 is 0 Å². The Morgan fingerprint density at radius 2 is 1.95 bits per heavy atom. The fraction of sp³-hybridized carbons (Fsp3) is 0.357. The van der Waals surface area contributed by atoms with Gasteiger partial charge in [-0.05, 0) is 12.1 Å². The number of nitrogens with zero attached hydrogens (tertiary/aromatic N) is 2. The van der Waals surface area contributed by atoms with Crippen molar-refractivity contribution in [2.24, 2.45) is 0 Å². The second kappa shape index (κ2) is 5.17. The molecule has 0 aliphatic carbocycles. The molecule has 1 aliphatic heterocycles. The van der Waals surface area contributed by atoms with Crippen LogP contribution in [-0.2, 0) is 0 Å². The maximum Gasteiger partial charge on any atom is 0.417 e. The van der Waals surface area contributed by atoms with Gasteiger partial charge in [-0.25, -0.2) is 4.79 Å². The summed E-state index contributed by atoms with van der Waals surface area (Å²) in [5, 5.41) is 11.9. The zero-order valence-electron chi connectivity index (χ0n) is 11.7. The molecule has 0 spiro atoms. The van der Waals surface area contributed by atoms with Crippen LogP contribution < -0.4 is 15.4 Å². The lowest BCUT2D eigenvalue weighted by atomic mass is 10.1.